The van der Waals surface area contributed by atoms with Gasteiger partial charge < -0.3 is 5.11 Å². The lowest BCUT2D eigenvalue weighted by atomic mass is 10.5. The summed E-state index contributed by atoms with van der Waals surface area (Å²) in [6.07, 6.45) is -4.81. The first-order valence-electron chi connectivity index (χ1n) is 3.50. The van der Waals surface area contributed by atoms with E-state index in [1.165, 1.54) is 4.98 Å². The molecular weight excluding hydrogens is 224 g/mol. The van der Waals surface area contributed by atoms with Crippen LogP contribution in [0.25, 0.3) is 0 Å². The number of hydrogen-bond acceptors (Lipinski definition) is 3. The van der Waals surface area contributed by atoms with Crippen molar-refractivity contribution < 1.29 is 22.7 Å². The second kappa shape index (κ2) is 3.41. The van der Waals surface area contributed by atoms with Crippen molar-refractivity contribution in [3.8, 4) is 5.88 Å². The fourth-order valence-electron chi connectivity index (χ4n) is 0.862. The van der Waals surface area contributed by atoms with E-state index in [1.54, 1.807) is 0 Å². The Labute approximate surface area is 78.6 Å². The zero-order valence-electron chi connectivity index (χ0n) is 6.93. The van der Waals surface area contributed by atoms with E-state index in [2.05, 4.69) is 0 Å². The lowest BCUT2D eigenvalue weighted by molar-refractivity contribution is -0.142. The molecule has 0 unspecified atom stereocenters. The van der Waals surface area contributed by atoms with E-state index >= 15 is 0 Å². The molecule has 84 valence electrons. The van der Waals surface area contributed by atoms with Crippen LogP contribution in [0.3, 0.4) is 0 Å². The molecule has 2 N–H and O–H groups in total. The average Bonchev–Trinajstić information content (AvgIpc) is 2.07. The van der Waals surface area contributed by atoms with Crippen molar-refractivity contribution in [3.63, 3.8) is 0 Å². The van der Waals surface area contributed by atoms with Gasteiger partial charge in [-0.3, -0.25) is 14.3 Å². The van der Waals surface area contributed by atoms with Crippen molar-refractivity contribution in [1.29, 1.82) is 0 Å². The lowest BCUT2D eigenvalue weighted by Gasteiger charge is -2.10. The van der Waals surface area contributed by atoms with Crippen molar-refractivity contribution in [1.82, 2.24) is 9.55 Å². The van der Waals surface area contributed by atoms with Gasteiger partial charge in [-0.1, -0.05) is 0 Å². The number of nitrogens with zero attached hydrogens (tertiary/aromatic N) is 1. The van der Waals surface area contributed by atoms with Crippen LogP contribution < -0.4 is 11.2 Å². The minimum Gasteiger partial charge on any atom is -0.492 e. The Morgan fingerprint density at radius 2 is 1.87 bits per heavy atom. The molecule has 1 rings (SSSR count). The predicted octanol–water partition coefficient (Wildman–Crippen LogP) is -0.0564. The number of hydrogen-bond donors (Lipinski definition) is 2. The monoisotopic (exact) mass is 228 g/mol. The van der Waals surface area contributed by atoms with E-state index in [9.17, 15) is 27.2 Å². The van der Waals surface area contributed by atoms with Crippen molar-refractivity contribution in [2.45, 2.75) is 12.7 Å². The standard InChI is InChI=1S/C6H4F4N2O3/c7-2-3(13)11-5(15)12(4(2)14)1-6(8,9)10/h14H,1H2,(H,11,13,15). The Balaban J connectivity index is 3.38. The van der Waals surface area contributed by atoms with Crippen LogP contribution in [0, 0.1) is 5.82 Å². The minimum absolute atomic E-state index is 0.323. The summed E-state index contributed by atoms with van der Waals surface area (Å²) >= 11 is 0. The smallest absolute Gasteiger partial charge is 0.406 e. The maximum atomic E-state index is 12.6. The third kappa shape index (κ3) is 2.36. The first-order chi connectivity index (χ1) is 6.72. The molecule has 1 aromatic heterocycles. The molecule has 0 aromatic carbocycles. The molecule has 0 radical (unpaired) electrons. The molecular formula is C6H4F4N2O3. The Morgan fingerprint density at radius 3 is 2.33 bits per heavy atom. The van der Waals surface area contributed by atoms with Gasteiger partial charge in [0.15, 0.2) is 0 Å². The highest BCUT2D eigenvalue weighted by atomic mass is 19.4. The molecule has 0 saturated heterocycles. The van der Waals surface area contributed by atoms with E-state index in [-0.39, 0.29) is 4.57 Å². The summed E-state index contributed by atoms with van der Waals surface area (Å²) < 4.78 is 47.8. The van der Waals surface area contributed by atoms with E-state index < -0.39 is 35.7 Å². The first-order valence-corrected chi connectivity index (χ1v) is 3.50. The number of aromatic nitrogens is 2. The highest BCUT2D eigenvalue weighted by molar-refractivity contribution is 5.09. The summed E-state index contributed by atoms with van der Waals surface area (Å²) in [6, 6.07) is 0. The Kier molecular flexibility index (Phi) is 2.56. The summed E-state index contributed by atoms with van der Waals surface area (Å²) in [5, 5.41) is 8.79. The molecule has 0 aliphatic carbocycles. The third-order valence-corrected chi connectivity index (χ3v) is 1.45. The van der Waals surface area contributed by atoms with Crippen molar-refractivity contribution in [3.05, 3.63) is 26.7 Å². The van der Waals surface area contributed by atoms with Gasteiger partial charge in [0.05, 0.1) is 0 Å². The van der Waals surface area contributed by atoms with E-state index in [4.69, 9.17) is 5.11 Å². The van der Waals surface area contributed by atoms with Gasteiger partial charge in [-0.2, -0.15) is 17.6 Å². The molecule has 0 atom stereocenters. The fraction of sp³-hybridized carbons (Fsp3) is 0.333. The highest BCUT2D eigenvalue weighted by Crippen LogP contribution is 2.19. The van der Waals surface area contributed by atoms with Crippen LogP contribution in [0.15, 0.2) is 9.59 Å². The molecule has 0 aliphatic rings. The summed E-state index contributed by atoms with van der Waals surface area (Å²) in [6.45, 7) is -1.88. The summed E-state index contributed by atoms with van der Waals surface area (Å²) in [7, 11) is 0. The number of halogens is 4. The quantitative estimate of drug-likeness (QED) is 0.661. The second-order valence-corrected chi connectivity index (χ2v) is 2.60. The van der Waals surface area contributed by atoms with E-state index in [1.807, 2.05) is 0 Å². The van der Waals surface area contributed by atoms with Gasteiger partial charge in [-0.05, 0) is 0 Å². The van der Waals surface area contributed by atoms with Crippen LogP contribution >= 0.6 is 0 Å². The highest BCUT2D eigenvalue weighted by Gasteiger charge is 2.31. The Morgan fingerprint density at radius 1 is 1.33 bits per heavy atom. The normalized spacial score (nSPS) is 11.7. The maximum Gasteiger partial charge on any atom is 0.406 e. The van der Waals surface area contributed by atoms with Crippen LogP contribution in [0.2, 0.25) is 0 Å². The fourth-order valence-corrected chi connectivity index (χ4v) is 0.862. The third-order valence-electron chi connectivity index (χ3n) is 1.45. The molecule has 1 heterocycles. The number of H-pyrrole nitrogens is 1. The molecule has 15 heavy (non-hydrogen) atoms. The minimum atomic E-state index is -4.81. The molecule has 0 fully saturated rings. The zero-order chi connectivity index (χ0) is 11.8. The molecule has 0 spiro atoms. The molecule has 9 heteroatoms. The van der Waals surface area contributed by atoms with Gasteiger partial charge in [0.2, 0.25) is 11.7 Å². The van der Waals surface area contributed by atoms with Crippen molar-refractivity contribution in [2.24, 2.45) is 0 Å². The predicted molar refractivity (Wildman–Crippen MR) is 39.0 cm³/mol. The number of nitrogens with one attached hydrogen (secondary N) is 1. The molecule has 0 amide bonds. The number of alkyl halides is 3. The van der Waals surface area contributed by atoms with Crippen LogP contribution in [0.5, 0.6) is 5.88 Å². The van der Waals surface area contributed by atoms with E-state index in [0.29, 0.717) is 0 Å². The summed E-state index contributed by atoms with van der Waals surface area (Å²) in [5.41, 5.74) is -3.10. The molecule has 0 saturated carbocycles. The van der Waals surface area contributed by atoms with Gasteiger partial charge in [0.1, 0.15) is 6.54 Å². The van der Waals surface area contributed by atoms with Crippen LogP contribution in [-0.2, 0) is 6.54 Å². The molecule has 5 nitrogen and oxygen atoms in total. The Bertz CT molecular complexity index is 487. The number of aromatic amines is 1. The van der Waals surface area contributed by atoms with Gasteiger partial charge in [0.25, 0.3) is 5.56 Å². The van der Waals surface area contributed by atoms with Crippen LogP contribution in [0.1, 0.15) is 0 Å². The lowest BCUT2D eigenvalue weighted by Crippen LogP contribution is -2.35. The number of rotatable bonds is 1. The SMILES string of the molecule is O=c1[nH]c(=O)n(CC(F)(F)F)c(O)c1F. The average molecular weight is 228 g/mol. The zero-order valence-corrected chi connectivity index (χ0v) is 6.93. The van der Waals surface area contributed by atoms with Crippen molar-refractivity contribution >= 4 is 0 Å². The summed E-state index contributed by atoms with van der Waals surface area (Å²) in [5.74, 6) is -3.47. The van der Waals surface area contributed by atoms with Gasteiger partial charge in [-0.15, -0.1) is 0 Å². The largest absolute Gasteiger partial charge is 0.492 e. The number of aromatic hydroxyl groups is 1. The van der Waals surface area contributed by atoms with E-state index in [0.717, 1.165) is 0 Å². The maximum absolute atomic E-state index is 12.6. The topological polar surface area (TPSA) is 75.1 Å². The van der Waals surface area contributed by atoms with Gasteiger partial charge in [-0.25, -0.2) is 4.79 Å². The van der Waals surface area contributed by atoms with Crippen LogP contribution in [-0.4, -0.2) is 20.8 Å². The van der Waals surface area contributed by atoms with Crippen LogP contribution in [0.4, 0.5) is 17.6 Å². The Hall–Kier alpha value is -1.80. The van der Waals surface area contributed by atoms with Crippen molar-refractivity contribution in [2.75, 3.05) is 0 Å². The first kappa shape index (κ1) is 11.3. The second-order valence-electron chi connectivity index (χ2n) is 2.60. The molecule has 0 bridgehead atoms. The molecule has 1 aromatic rings. The van der Waals surface area contributed by atoms with Gasteiger partial charge >= 0.3 is 11.9 Å². The van der Waals surface area contributed by atoms with Gasteiger partial charge in [0, 0.05) is 0 Å². The summed E-state index contributed by atoms with van der Waals surface area (Å²) in [4.78, 5) is 22.6. The molecule has 0 aliphatic heterocycles.